The lowest BCUT2D eigenvalue weighted by Gasteiger charge is -2.46. The van der Waals surface area contributed by atoms with Crippen LogP contribution in [-0.4, -0.2) is 113 Å². The van der Waals surface area contributed by atoms with Crippen LogP contribution in [0.5, 0.6) is 0 Å². The molecule has 1 aromatic rings. The Morgan fingerprint density at radius 1 is 1.08 bits per heavy atom. The summed E-state index contributed by atoms with van der Waals surface area (Å²) in [6.07, 6.45) is -0.565. The van der Waals surface area contributed by atoms with E-state index in [1.807, 2.05) is 32.9 Å². The van der Waals surface area contributed by atoms with Crippen LogP contribution in [0.4, 0.5) is 4.39 Å². The largest absolute Gasteiger partial charge is 0.462 e. The molecule has 2 heterocycles. The molecule has 0 radical (unpaired) electrons. The van der Waals surface area contributed by atoms with E-state index in [4.69, 9.17) is 19.0 Å². The van der Waals surface area contributed by atoms with Gasteiger partial charge in [-0.2, -0.15) is 0 Å². The number of cyclic esters (lactones) is 1. The highest BCUT2D eigenvalue weighted by atomic mass is 19.1. The number of aliphatic hydroxyl groups excluding tert-OH is 4. The van der Waals surface area contributed by atoms with Crippen LogP contribution < -0.4 is 0 Å². The summed E-state index contributed by atoms with van der Waals surface area (Å²) in [4.78, 5) is 32.8. The monoisotopic (exact) mass is 720 g/mol. The van der Waals surface area contributed by atoms with Gasteiger partial charge in [0.2, 0.25) is 0 Å². The van der Waals surface area contributed by atoms with Crippen LogP contribution in [0, 0.1) is 29.5 Å². The Bertz CT molecular complexity index is 1340. The van der Waals surface area contributed by atoms with E-state index in [2.05, 4.69) is 5.16 Å². The van der Waals surface area contributed by atoms with Crippen molar-refractivity contribution in [1.29, 1.82) is 0 Å². The number of hydrogen-bond acceptors (Lipinski definition) is 12. The molecule has 0 saturated carbocycles. The number of likely N-dealkylation sites (N-methyl/N-ethyl adjacent to an activating group) is 1. The van der Waals surface area contributed by atoms with E-state index in [1.54, 1.807) is 51.1 Å². The predicted molar refractivity (Wildman–Crippen MR) is 189 cm³/mol. The van der Waals surface area contributed by atoms with Crippen LogP contribution in [0.25, 0.3) is 0 Å². The fraction of sp³-hybridized carbons (Fsp3) is 0.658. The van der Waals surface area contributed by atoms with Gasteiger partial charge in [0.05, 0.1) is 49.2 Å². The van der Waals surface area contributed by atoms with Crippen LogP contribution >= 0.6 is 0 Å². The van der Waals surface area contributed by atoms with Crippen molar-refractivity contribution in [3.05, 3.63) is 59.4 Å². The minimum absolute atomic E-state index is 0.0110. The van der Waals surface area contributed by atoms with Crippen LogP contribution in [-0.2, 0) is 35.2 Å². The van der Waals surface area contributed by atoms with Gasteiger partial charge in [-0.15, -0.1) is 0 Å². The molecule has 0 bridgehead atoms. The van der Waals surface area contributed by atoms with Crippen molar-refractivity contribution in [3.8, 4) is 0 Å². The van der Waals surface area contributed by atoms with Gasteiger partial charge in [0.25, 0.3) is 0 Å². The highest BCUT2D eigenvalue weighted by Crippen LogP contribution is 2.34. The fourth-order valence-corrected chi connectivity index (χ4v) is 6.82. The molecule has 0 spiro atoms. The normalized spacial score (nSPS) is 37.0. The number of oxime groups is 1. The predicted octanol–water partition coefficient (Wildman–Crippen LogP) is 3.55. The number of esters is 1. The smallest absolute Gasteiger partial charge is 0.308 e. The van der Waals surface area contributed by atoms with Gasteiger partial charge in [-0.25, -0.2) is 4.39 Å². The van der Waals surface area contributed by atoms with E-state index in [-0.39, 0.29) is 37.8 Å². The van der Waals surface area contributed by atoms with Crippen LogP contribution in [0.2, 0.25) is 0 Å². The number of rotatable bonds is 10. The molecule has 4 N–H and O–H groups in total. The van der Waals surface area contributed by atoms with Crippen molar-refractivity contribution in [2.24, 2.45) is 28.8 Å². The first-order valence-electron chi connectivity index (χ1n) is 17.8. The lowest BCUT2D eigenvalue weighted by atomic mass is 9.79. The van der Waals surface area contributed by atoms with E-state index >= 15 is 0 Å². The Hall–Kier alpha value is -3.04. The van der Waals surface area contributed by atoms with E-state index in [9.17, 15) is 34.4 Å². The third-order valence-corrected chi connectivity index (χ3v) is 9.90. The third kappa shape index (κ3) is 12.0. The Kier molecular flexibility index (Phi) is 16.8. The third-order valence-electron chi connectivity index (χ3n) is 9.90. The van der Waals surface area contributed by atoms with Crippen molar-refractivity contribution in [2.45, 2.75) is 116 Å². The van der Waals surface area contributed by atoms with Crippen molar-refractivity contribution in [2.75, 3.05) is 20.7 Å². The second kappa shape index (κ2) is 20.3. The number of benzene rings is 1. The van der Waals surface area contributed by atoms with Gasteiger partial charge in [-0.05, 0) is 70.5 Å². The van der Waals surface area contributed by atoms with E-state index in [0.717, 1.165) is 11.9 Å². The molecule has 286 valence electrons. The molecule has 12 atom stereocenters. The molecule has 13 heteroatoms. The molecule has 0 amide bonds. The van der Waals surface area contributed by atoms with Crippen molar-refractivity contribution in [3.63, 3.8) is 0 Å². The molecule has 0 aromatic heterocycles. The Labute approximate surface area is 300 Å². The summed E-state index contributed by atoms with van der Waals surface area (Å²) in [7, 11) is 3.45. The Morgan fingerprint density at radius 3 is 2.37 bits per heavy atom. The molecule has 6 unspecified atom stereocenters. The zero-order valence-electron chi connectivity index (χ0n) is 30.8. The Balaban J connectivity index is 2.07. The number of halogens is 1. The molecule has 1 fully saturated rings. The minimum Gasteiger partial charge on any atom is -0.462 e. The maximum absolute atomic E-state index is 13.5. The maximum Gasteiger partial charge on any atom is 0.308 e. The lowest BCUT2D eigenvalue weighted by Crippen LogP contribution is -2.63. The number of ether oxygens (including phenoxy) is 3. The number of nitrogens with zero attached hydrogens (tertiary/aromatic N) is 2. The zero-order valence-corrected chi connectivity index (χ0v) is 30.8. The number of allylic oxidation sites excluding steroid dienone is 3. The molecular formula is C38H57FN2O10. The van der Waals surface area contributed by atoms with E-state index in [1.165, 1.54) is 12.1 Å². The molecule has 2 aliphatic rings. The fourth-order valence-electron chi connectivity index (χ4n) is 6.82. The summed E-state index contributed by atoms with van der Waals surface area (Å²) in [5, 5.41) is 48.3. The maximum atomic E-state index is 13.5. The number of carbonyl (C=O) groups excluding carboxylic acids is 2. The number of carbonyl (C=O) groups is 2. The first kappa shape index (κ1) is 42.4. The number of aldehydes is 1. The number of aliphatic hydroxyl groups is 4. The van der Waals surface area contributed by atoms with Crippen LogP contribution in [0.3, 0.4) is 0 Å². The van der Waals surface area contributed by atoms with Crippen molar-refractivity contribution >= 4 is 18.0 Å². The average molecular weight is 721 g/mol. The van der Waals surface area contributed by atoms with E-state index in [0.29, 0.717) is 24.1 Å². The summed E-state index contributed by atoms with van der Waals surface area (Å²) < 4.78 is 31.7. The Morgan fingerprint density at radius 2 is 1.76 bits per heavy atom. The summed E-state index contributed by atoms with van der Waals surface area (Å²) in [6.45, 7) is 8.77. The molecule has 1 aromatic carbocycles. The van der Waals surface area contributed by atoms with E-state index < -0.39 is 72.7 Å². The first-order chi connectivity index (χ1) is 24.2. The summed E-state index contributed by atoms with van der Waals surface area (Å²) >= 11 is 0. The molecule has 12 nitrogen and oxygen atoms in total. The van der Waals surface area contributed by atoms with Gasteiger partial charge >= 0.3 is 5.97 Å². The summed E-state index contributed by atoms with van der Waals surface area (Å²) in [6, 6.07) is 5.14. The first-order valence-corrected chi connectivity index (χ1v) is 17.8. The van der Waals surface area contributed by atoms with Gasteiger partial charge in [-0.1, -0.05) is 55.8 Å². The minimum atomic E-state index is -1.29. The summed E-state index contributed by atoms with van der Waals surface area (Å²) in [5.41, 5.74) is 2.00. The zero-order chi connectivity index (χ0) is 37.8. The van der Waals surface area contributed by atoms with Gasteiger partial charge in [0, 0.05) is 24.2 Å². The molecule has 2 aliphatic heterocycles. The van der Waals surface area contributed by atoms with Gasteiger partial charge in [0.1, 0.15) is 30.9 Å². The van der Waals surface area contributed by atoms with Gasteiger partial charge in [-0.3, -0.25) is 4.79 Å². The lowest BCUT2D eigenvalue weighted by molar-refractivity contribution is -0.304. The molecule has 0 aliphatic carbocycles. The van der Waals surface area contributed by atoms with Gasteiger partial charge < -0.3 is 49.2 Å². The second-order valence-electron chi connectivity index (χ2n) is 14.1. The SMILES string of the molecule is CC[C@H]1OC(=O)C[C@@H](O)[C@H](C)[C@@H](OC2OC(C)C(O)C(N(C)C)C2O)[C@@H](CC=O)C[C@@H](C)C(=N\OCc2ccc(F)cc2)/C=C/C(C)=C/C1CO. The van der Waals surface area contributed by atoms with Crippen LogP contribution in [0.1, 0.15) is 65.9 Å². The topological polar surface area (TPSA) is 168 Å². The average Bonchev–Trinajstić information content (AvgIpc) is 3.08. The highest BCUT2D eigenvalue weighted by molar-refractivity contribution is 5.96. The summed E-state index contributed by atoms with van der Waals surface area (Å²) in [5.74, 6) is -3.20. The second-order valence-corrected chi connectivity index (χ2v) is 14.1. The van der Waals surface area contributed by atoms with Crippen molar-refractivity contribution in [1.82, 2.24) is 4.90 Å². The van der Waals surface area contributed by atoms with Crippen LogP contribution in [0.15, 0.2) is 53.2 Å². The van der Waals surface area contributed by atoms with Crippen molar-refractivity contribution < 1.29 is 53.5 Å². The molecule has 3 rings (SSSR count). The molecular weight excluding hydrogens is 663 g/mol. The molecule has 1 saturated heterocycles. The van der Waals surface area contributed by atoms with Gasteiger partial charge in [0.15, 0.2) is 6.29 Å². The number of hydrogen-bond donors (Lipinski definition) is 4. The molecule has 51 heavy (non-hydrogen) atoms. The highest BCUT2D eigenvalue weighted by Gasteiger charge is 2.47. The standard InChI is InChI=1S/C38H57FN2O10/c1-8-32-28(20-43)17-22(2)9-14-30(40-48-21-26-10-12-29(39)13-11-26)23(3)18-27(15-16-42)37(24(4)31(44)19-33(45)50-32)51-38-36(47)34(41(6)7)35(46)25(5)49-38/h9-14,16-17,23-25,27-28,31-32,34-38,43-44,46-47H,8,15,18-21H2,1-7H3/b14-9+,22-17+,40-30-/t23-,24+,25?,27+,28?,31-,32-,34?,35?,36?,37-,38?/m1/s1. The quantitative estimate of drug-likeness (QED) is 0.159.